The smallest absolute Gasteiger partial charge is 0.261 e. The molecule has 1 heterocycles. The summed E-state index contributed by atoms with van der Waals surface area (Å²) in [5, 5.41) is 2.77. The summed E-state index contributed by atoms with van der Waals surface area (Å²) < 4.78 is 32.6. The highest BCUT2D eigenvalue weighted by molar-refractivity contribution is 7.92. The predicted octanol–water partition coefficient (Wildman–Crippen LogP) is 3.71. The number of ether oxygens (including phenoxy) is 1. The van der Waals surface area contributed by atoms with E-state index in [-0.39, 0.29) is 22.1 Å². The molecule has 0 atom stereocenters. The Kier molecular flexibility index (Phi) is 6.13. The maximum atomic E-state index is 12.6. The Bertz CT molecular complexity index is 1100. The average molecular weight is 411 g/mol. The van der Waals surface area contributed by atoms with Crippen LogP contribution in [0, 0.1) is 0 Å². The second-order valence-corrected chi connectivity index (χ2v) is 7.93. The van der Waals surface area contributed by atoms with E-state index >= 15 is 0 Å². The van der Waals surface area contributed by atoms with Gasteiger partial charge in [-0.05, 0) is 54.4 Å². The number of sulfonamides is 1. The van der Waals surface area contributed by atoms with E-state index in [0.29, 0.717) is 11.4 Å². The van der Waals surface area contributed by atoms with Gasteiger partial charge >= 0.3 is 0 Å². The number of rotatable bonds is 7. The zero-order valence-electron chi connectivity index (χ0n) is 16.0. The number of amides is 1. The molecule has 0 aliphatic carbocycles. The van der Waals surface area contributed by atoms with Crippen LogP contribution in [0.1, 0.15) is 22.8 Å². The molecular formula is C21H21N3O4S. The number of aromatic nitrogens is 1. The zero-order chi connectivity index (χ0) is 20.9. The lowest BCUT2D eigenvalue weighted by Crippen LogP contribution is -2.15. The molecule has 2 N–H and O–H groups in total. The number of hydrogen-bond acceptors (Lipinski definition) is 5. The number of benzene rings is 2. The van der Waals surface area contributed by atoms with Gasteiger partial charge in [0.25, 0.3) is 15.9 Å². The summed E-state index contributed by atoms with van der Waals surface area (Å²) in [6, 6.07) is 14.9. The first-order valence-electron chi connectivity index (χ1n) is 8.93. The molecule has 0 unspecified atom stereocenters. The van der Waals surface area contributed by atoms with Crippen LogP contribution in [-0.2, 0) is 16.4 Å². The first-order valence-corrected chi connectivity index (χ1v) is 10.4. The highest BCUT2D eigenvalue weighted by Gasteiger charge is 2.16. The molecule has 1 aromatic heterocycles. The second-order valence-electron chi connectivity index (χ2n) is 6.25. The maximum Gasteiger partial charge on any atom is 0.261 e. The number of nitrogens with one attached hydrogen (secondary N) is 2. The van der Waals surface area contributed by atoms with Crippen LogP contribution < -0.4 is 14.8 Å². The molecule has 8 heteroatoms. The Hall–Kier alpha value is -3.39. The largest absolute Gasteiger partial charge is 0.497 e. The fraction of sp³-hybridized carbons (Fsp3) is 0.143. The van der Waals surface area contributed by atoms with E-state index in [4.69, 9.17) is 4.74 Å². The molecule has 2 aromatic carbocycles. The van der Waals surface area contributed by atoms with Crippen LogP contribution in [0.5, 0.6) is 5.75 Å². The van der Waals surface area contributed by atoms with Gasteiger partial charge in [0.1, 0.15) is 5.75 Å². The molecule has 0 fully saturated rings. The Morgan fingerprint density at radius 3 is 2.31 bits per heavy atom. The van der Waals surface area contributed by atoms with Crippen molar-refractivity contribution in [3.63, 3.8) is 0 Å². The topological polar surface area (TPSA) is 97.4 Å². The molecule has 0 radical (unpaired) electrons. The molecule has 0 saturated carbocycles. The molecule has 3 aromatic rings. The van der Waals surface area contributed by atoms with Crippen LogP contribution in [0.3, 0.4) is 0 Å². The van der Waals surface area contributed by atoms with Gasteiger partial charge in [-0.25, -0.2) is 8.42 Å². The number of anilines is 2. The van der Waals surface area contributed by atoms with Crippen molar-refractivity contribution in [3.8, 4) is 5.75 Å². The van der Waals surface area contributed by atoms with E-state index < -0.39 is 10.0 Å². The van der Waals surface area contributed by atoms with Gasteiger partial charge in [-0.1, -0.05) is 19.1 Å². The van der Waals surface area contributed by atoms with Gasteiger partial charge in [0.2, 0.25) is 0 Å². The highest BCUT2D eigenvalue weighted by Crippen LogP contribution is 2.20. The monoisotopic (exact) mass is 411 g/mol. The number of methoxy groups -OCH3 is 1. The highest BCUT2D eigenvalue weighted by atomic mass is 32.2. The Morgan fingerprint density at radius 2 is 1.69 bits per heavy atom. The zero-order valence-corrected chi connectivity index (χ0v) is 16.9. The molecule has 29 heavy (non-hydrogen) atoms. The first-order chi connectivity index (χ1) is 13.9. The first kappa shape index (κ1) is 20.3. The predicted molar refractivity (Wildman–Crippen MR) is 112 cm³/mol. The van der Waals surface area contributed by atoms with Crippen molar-refractivity contribution >= 4 is 27.3 Å². The maximum absolute atomic E-state index is 12.6. The van der Waals surface area contributed by atoms with Crippen molar-refractivity contribution in [1.82, 2.24) is 4.98 Å². The molecule has 7 nitrogen and oxygen atoms in total. The van der Waals surface area contributed by atoms with Crippen LogP contribution in [0.15, 0.2) is 71.9 Å². The van der Waals surface area contributed by atoms with Gasteiger partial charge in [0.15, 0.2) is 0 Å². The van der Waals surface area contributed by atoms with Crippen molar-refractivity contribution in [3.05, 3.63) is 78.1 Å². The van der Waals surface area contributed by atoms with Crippen molar-refractivity contribution in [2.75, 3.05) is 17.1 Å². The van der Waals surface area contributed by atoms with Crippen LogP contribution in [0.25, 0.3) is 0 Å². The van der Waals surface area contributed by atoms with Gasteiger partial charge in [-0.2, -0.15) is 0 Å². The SMILES string of the molecule is CCc1ccc(NC(=O)c2cncc(NS(=O)(=O)c3ccc(OC)cc3)c2)cc1. The van der Waals surface area contributed by atoms with Gasteiger partial charge in [0.05, 0.1) is 29.5 Å². The van der Waals surface area contributed by atoms with Crippen molar-refractivity contribution in [2.24, 2.45) is 0 Å². The van der Waals surface area contributed by atoms with E-state index in [1.165, 1.54) is 43.3 Å². The van der Waals surface area contributed by atoms with Crippen LogP contribution >= 0.6 is 0 Å². The summed E-state index contributed by atoms with van der Waals surface area (Å²) in [6.45, 7) is 2.05. The van der Waals surface area contributed by atoms with Crippen LogP contribution in [0.2, 0.25) is 0 Å². The third-order valence-corrected chi connectivity index (χ3v) is 5.64. The fourth-order valence-electron chi connectivity index (χ4n) is 2.62. The molecule has 0 spiro atoms. The van der Waals surface area contributed by atoms with E-state index in [1.54, 1.807) is 12.1 Å². The van der Waals surface area contributed by atoms with E-state index in [9.17, 15) is 13.2 Å². The quantitative estimate of drug-likeness (QED) is 0.618. The molecule has 1 amide bonds. The van der Waals surface area contributed by atoms with Crippen molar-refractivity contribution < 1.29 is 17.9 Å². The minimum absolute atomic E-state index is 0.0733. The third kappa shape index (κ3) is 5.11. The van der Waals surface area contributed by atoms with Gasteiger partial charge in [0, 0.05) is 11.9 Å². The Balaban J connectivity index is 1.74. The number of aryl methyl sites for hydroxylation is 1. The number of hydrogen-bond donors (Lipinski definition) is 2. The normalized spacial score (nSPS) is 11.0. The summed E-state index contributed by atoms with van der Waals surface area (Å²) in [5.41, 5.74) is 2.24. The molecule has 0 bridgehead atoms. The van der Waals surface area contributed by atoms with Gasteiger partial charge in [-0.3, -0.25) is 14.5 Å². The number of nitrogens with zero attached hydrogens (tertiary/aromatic N) is 1. The molecular weight excluding hydrogens is 390 g/mol. The molecule has 0 aliphatic heterocycles. The second kappa shape index (κ2) is 8.74. The van der Waals surface area contributed by atoms with Crippen LogP contribution in [-0.4, -0.2) is 26.4 Å². The van der Waals surface area contributed by atoms with Crippen LogP contribution in [0.4, 0.5) is 11.4 Å². The lowest BCUT2D eigenvalue weighted by Gasteiger charge is -2.10. The minimum Gasteiger partial charge on any atom is -0.497 e. The van der Waals surface area contributed by atoms with E-state index in [0.717, 1.165) is 6.42 Å². The van der Waals surface area contributed by atoms with Gasteiger partial charge in [-0.15, -0.1) is 0 Å². The summed E-state index contributed by atoms with van der Waals surface area (Å²) in [7, 11) is -2.32. The Labute approximate surface area is 169 Å². The van der Waals surface area contributed by atoms with Crippen molar-refractivity contribution in [2.45, 2.75) is 18.2 Å². The summed E-state index contributed by atoms with van der Waals surface area (Å²) in [5.74, 6) is 0.170. The number of carbonyl (C=O) groups is 1. The summed E-state index contributed by atoms with van der Waals surface area (Å²) in [6.07, 6.45) is 3.63. The standard InChI is InChI=1S/C21H21N3O4S/c1-3-15-4-6-17(7-5-15)23-21(25)16-12-18(14-22-13-16)24-29(26,27)20-10-8-19(28-2)9-11-20/h4-14,24H,3H2,1-2H3,(H,23,25). The van der Waals surface area contributed by atoms with Crippen molar-refractivity contribution in [1.29, 1.82) is 0 Å². The lowest BCUT2D eigenvalue weighted by atomic mass is 10.1. The molecule has 0 saturated heterocycles. The van der Waals surface area contributed by atoms with Gasteiger partial charge < -0.3 is 10.1 Å². The molecule has 3 rings (SSSR count). The third-order valence-electron chi connectivity index (χ3n) is 4.24. The number of carbonyl (C=O) groups excluding carboxylic acids is 1. The summed E-state index contributed by atoms with van der Waals surface area (Å²) >= 11 is 0. The molecule has 0 aliphatic rings. The average Bonchev–Trinajstić information content (AvgIpc) is 2.74. The molecule has 150 valence electrons. The fourth-order valence-corrected chi connectivity index (χ4v) is 3.65. The lowest BCUT2D eigenvalue weighted by molar-refractivity contribution is 0.102. The van der Waals surface area contributed by atoms with E-state index in [2.05, 4.69) is 21.9 Å². The Morgan fingerprint density at radius 1 is 1.00 bits per heavy atom. The summed E-state index contributed by atoms with van der Waals surface area (Å²) in [4.78, 5) is 16.5. The number of pyridine rings is 1. The van der Waals surface area contributed by atoms with E-state index in [1.807, 2.05) is 24.3 Å². The minimum atomic E-state index is -3.82.